The number of halogens is 2. The van der Waals surface area contributed by atoms with Gasteiger partial charge in [-0.3, -0.25) is 14.9 Å². The molecule has 1 heterocycles. The number of carbonyl (C=O) groups excluding carboxylic acids is 2. The highest BCUT2D eigenvalue weighted by Gasteiger charge is 2.27. The van der Waals surface area contributed by atoms with Crippen LogP contribution in [-0.2, 0) is 4.79 Å². The van der Waals surface area contributed by atoms with Gasteiger partial charge in [0.05, 0.1) is 14.2 Å². The number of methoxy groups -OCH3 is 2. The molecule has 0 bridgehead atoms. The molecule has 1 N–H and O–H groups in total. The Morgan fingerprint density at radius 1 is 0.963 bits per heavy atom. The van der Waals surface area contributed by atoms with E-state index in [0.717, 1.165) is 0 Å². The molecule has 0 fully saturated rings. The predicted molar refractivity (Wildman–Crippen MR) is 93.0 cm³/mol. The number of rotatable bonds is 5. The van der Waals surface area contributed by atoms with Crippen molar-refractivity contribution in [3.05, 3.63) is 53.1 Å². The van der Waals surface area contributed by atoms with Crippen LogP contribution in [0.5, 0.6) is 17.2 Å². The molecule has 2 amide bonds. The third-order valence-corrected chi connectivity index (χ3v) is 3.93. The topological polar surface area (TPSA) is 73.9 Å². The Labute approximate surface area is 153 Å². The fourth-order valence-electron chi connectivity index (χ4n) is 2.77. The standard InChI is InChI=1S/C19H15F2NO5/c1-25-14-8-10(9-15(26-2)16(14)27-19(20)21)7-13-11-5-3-4-6-12(11)17(23)22-18(13)24/h3-9,19H,1-2H3,(H,22,23,24)/b13-7+. The molecule has 27 heavy (non-hydrogen) atoms. The van der Waals surface area contributed by atoms with Crippen molar-refractivity contribution in [2.75, 3.05) is 14.2 Å². The van der Waals surface area contributed by atoms with Crippen molar-refractivity contribution in [2.45, 2.75) is 6.61 Å². The number of fused-ring (bicyclic) bond motifs is 1. The van der Waals surface area contributed by atoms with Crippen LogP contribution in [0.25, 0.3) is 11.6 Å². The Morgan fingerprint density at radius 2 is 1.56 bits per heavy atom. The van der Waals surface area contributed by atoms with E-state index >= 15 is 0 Å². The number of hydrogen-bond acceptors (Lipinski definition) is 5. The molecule has 2 aromatic rings. The molecule has 2 aromatic carbocycles. The number of imide groups is 1. The fourth-order valence-corrected chi connectivity index (χ4v) is 2.77. The molecule has 0 saturated heterocycles. The first-order valence-corrected chi connectivity index (χ1v) is 7.82. The molecule has 0 spiro atoms. The summed E-state index contributed by atoms with van der Waals surface area (Å²) in [4.78, 5) is 24.3. The molecule has 140 valence electrons. The zero-order chi connectivity index (χ0) is 19.6. The van der Waals surface area contributed by atoms with Crippen LogP contribution in [0.1, 0.15) is 21.5 Å². The van der Waals surface area contributed by atoms with Crippen LogP contribution in [0.3, 0.4) is 0 Å². The molecular weight excluding hydrogens is 360 g/mol. The zero-order valence-corrected chi connectivity index (χ0v) is 14.4. The van der Waals surface area contributed by atoms with Gasteiger partial charge in [-0.05, 0) is 35.4 Å². The molecule has 1 aliphatic rings. The third-order valence-electron chi connectivity index (χ3n) is 3.93. The second-order valence-corrected chi connectivity index (χ2v) is 5.52. The molecule has 3 rings (SSSR count). The molecule has 6 nitrogen and oxygen atoms in total. The molecule has 1 aliphatic heterocycles. The zero-order valence-electron chi connectivity index (χ0n) is 14.4. The summed E-state index contributed by atoms with van der Waals surface area (Å²) in [5, 5.41) is 2.27. The molecular formula is C19H15F2NO5. The van der Waals surface area contributed by atoms with E-state index in [2.05, 4.69) is 10.1 Å². The maximum Gasteiger partial charge on any atom is 0.387 e. The first-order valence-electron chi connectivity index (χ1n) is 7.82. The van der Waals surface area contributed by atoms with E-state index in [-0.39, 0.29) is 22.8 Å². The van der Waals surface area contributed by atoms with Crippen molar-refractivity contribution in [3.8, 4) is 17.2 Å². The monoisotopic (exact) mass is 375 g/mol. The van der Waals surface area contributed by atoms with E-state index in [0.29, 0.717) is 16.7 Å². The maximum absolute atomic E-state index is 12.6. The van der Waals surface area contributed by atoms with Crippen LogP contribution in [0, 0.1) is 0 Å². The van der Waals surface area contributed by atoms with E-state index < -0.39 is 18.4 Å². The van der Waals surface area contributed by atoms with E-state index in [1.54, 1.807) is 24.3 Å². The highest BCUT2D eigenvalue weighted by molar-refractivity contribution is 6.33. The predicted octanol–water partition coefficient (Wildman–Crippen LogP) is 3.12. The van der Waals surface area contributed by atoms with Gasteiger partial charge in [-0.15, -0.1) is 0 Å². The molecule has 0 aromatic heterocycles. The van der Waals surface area contributed by atoms with Crippen molar-refractivity contribution in [2.24, 2.45) is 0 Å². The normalized spacial score (nSPS) is 14.8. The lowest BCUT2D eigenvalue weighted by atomic mass is 9.93. The van der Waals surface area contributed by atoms with Gasteiger partial charge in [0.1, 0.15) is 0 Å². The number of benzene rings is 2. The van der Waals surface area contributed by atoms with Gasteiger partial charge in [0.15, 0.2) is 11.5 Å². The highest BCUT2D eigenvalue weighted by Crippen LogP contribution is 2.40. The minimum absolute atomic E-state index is 0.0158. The summed E-state index contributed by atoms with van der Waals surface area (Å²) in [6, 6.07) is 9.51. The average Bonchev–Trinajstić information content (AvgIpc) is 2.65. The number of nitrogens with one attached hydrogen (secondary N) is 1. The van der Waals surface area contributed by atoms with E-state index in [1.165, 1.54) is 32.4 Å². The van der Waals surface area contributed by atoms with Gasteiger partial charge in [0.2, 0.25) is 5.75 Å². The van der Waals surface area contributed by atoms with Crippen LogP contribution in [0.15, 0.2) is 36.4 Å². The van der Waals surface area contributed by atoms with Gasteiger partial charge < -0.3 is 14.2 Å². The van der Waals surface area contributed by atoms with Crippen molar-refractivity contribution >= 4 is 23.5 Å². The van der Waals surface area contributed by atoms with Crippen molar-refractivity contribution < 1.29 is 32.6 Å². The van der Waals surface area contributed by atoms with Crippen LogP contribution in [0.2, 0.25) is 0 Å². The summed E-state index contributed by atoms with van der Waals surface area (Å²) in [6.07, 6.45) is 1.51. The Hall–Kier alpha value is -3.42. The summed E-state index contributed by atoms with van der Waals surface area (Å²) in [5.74, 6) is -1.27. The lowest BCUT2D eigenvalue weighted by Gasteiger charge is -2.19. The third kappa shape index (κ3) is 3.59. The van der Waals surface area contributed by atoms with Crippen molar-refractivity contribution in [1.82, 2.24) is 5.32 Å². The smallest absolute Gasteiger partial charge is 0.387 e. The number of alkyl halides is 2. The van der Waals surface area contributed by atoms with E-state index in [4.69, 9.17) is 9.47 Å². The largest absolute Gasteiger partial charge is 0.493 e. The number of hydrogen-bond donors (Lipinski definition) is 1. The van der Waals surface area contributed by atoms with E-state index in [1.807, 2.05) is 0 Å². The number of amides is 2. The summed E-state index contributed by atoms with van der Waals surface area (Å²) in [5.41, 5.74) is 1.52. The molecule has 0 saturated carbocycles. The van der Waals surface area contributed by atoms with Crippen LogP contribution < -0.4 is 19.5 Å². The Bertz CT molecular complexity index is 914. The first-order chi connectivity index (χ1) is 12.9. The van der Waals surface area contributed by atoms with Gasteiger partial charge in [0, 0.05) is 11.1 Å². The molecule has 0 atom stereocenters. The van der Waals surface area contributed by atoms with E-state index in [9.17, 15) is 18.4 Å². The average molecular weight is 375 g/mol. The molecule has 0 aliphatic carbocycles. The van der Waals surface area contributed by atoms with Crippen LogP contribution in [0.4, 0.5) is 8.78 Å². The van der Waals surface area contributed by atoms with Crippen molar-refractivity contribution in [1.29, 1.82) is 0 Å². The van der Waals surface area contributed by atoms with Gasteiger partial charge in [-0.25, -0.2) is 0 Å². The highest BCUT2D eigenvalue weighted by atomic mass is 19.3. The Morgan fingerprint density at radius 3 is 2.11 bits per heavy atom. The fraction of sp³-hybridized carbons (Fsp3) is 0.158. The van der Waals surface area contributed by atoms with Crippen LogP contribution in [-0.4, -0.2) is 32.6 Å². The minimum Gasteiger partial charge on any atom is -0.493 e. The molecule has 0 unspecified atom stereocenters. The molecule has 0 radical (unpaired) electrons. The first kappa shape index (κ1) is 18.4. The quantitative estimate of drug-likeness (QED) is 0.642. The number of carbonyl (C=O) groups is 2. The maximum atomic E-state index is 12.6. The van der Waals surface area contributed by atoms with Gasteiger partial charge in [-0.2, -0.15) is 8.78 Å². The van der Waals surface area contributed by atoms with Gasteiger partial charge in [0.25, 0.3) is 11.8 Å². The second kappa shape index (κ2) is 7.45. The SMILES string of the molecule is COc1cc(/C=C2/C(=O)NC(=O)c3ccccc32)cc(OC)c1OC(F)F. The second-order valence-electron chi connectivity index (χ2n) is 5.52. The van der Waals surface area contributed by atoms with Crippen LogP contribution >= 0.6 is 0 Å². The van der Waals surface area contributed by atoms with Gasteiger partial charge >= 0.3 is 6.61 Å². The lowest BCUT2D eigenvalue weighted by molar-refractivity contribution is -0.114. The Balaban J connectivity index is 2.13. The summed E-state index contributed by atoms with van der Waals surface area (Å²) < 4.78 is 40.0. The van der Waals surface area contributed by atoms with Crippen molar-refractivity contribution in [3.63, 3.8) is 0 Å². The summed E-state index contributed by atoms with van der Waals surface area (Å²) in [6.45, 7) is -3.06. The lowest BCUT2D eigenvalue weighted by Crippen LogP contribution is -2.36. The Kier molecular flexibility index (Phi) is 5.07. The number of ether oxygens (including phenoxy) is 3. The van der Waals surface area contributed by atoms with Gasteiger partial charge in [-0.1, -0.05) is 18.2 Å². The summed E-state index contributed by atoms with van der Waals surface area (Å²) in [7, 11) is 2.59. The minimum atomic E-state index is -3.06. The molecule has 8 heteroatoms. The summed E-state index contributed by atoms with van der Waals surface area (Å²) >= 11 is 0.